The summed E-state index contributed by atoms with van der Waals surface area (Å²) in [6.07, 6.45) is 5.45. The van der Waals surface area contributed by atoms with Gasteiger partial charge < -0.3 is 14.8 Å². The van der Waals surface area contributed by atoms with Crippen LogP contribution in [0.1, 0.15) is 28.4 Å². The van der Waals surface area contributed by atoms with E-state index in [4.69, 9.17) is 21.1 Å². The molecule has 0 saturated carbocycles. The van der Waals surface area contributed by atoms with Gasteiger partial charge >= 0.3 is 0 Å². The van der Waals surface area contributed by atoms with Crippen LogP contribution in [0.4, 0.5) is 5.82 Å². The number of anilines is 1. The van der Waals surface area contributed by atoms with Gasteiger partial charge in [-0.05, 0) is 48.4 Å². The van der Waals surface area contributed by atoms with Crippen molar-refractivity contribution >= 4 is 35.5 Å². The summed E-state index contributed by atoms with van der Waals surface area (Å²) >= 11 is 6.06. The molecule has 0 bridgehead atoms. The van der Waals surface area contributed by atoms with E-state index in [2.05, 4.69) is 10.4 Å². The highest BCUT2D eigenvalue weighted by molar-refractivity contribution is 6.30. The molecule has 1 N–H and O–H groups in total. The molecule has 0 fully saturated rings. The Bertz CT molecular complexity index is 1050. The second kappa shape index (κ2) is 10.1. The average molecular weight is 426 g/mol. The predicted molar refractivity (Wildman–Crippen MR) is 120 cm³/mol. The Kier molecular flexibility index (Phi) is 7.27. The molecule has 3 aromatic rings. The molecule has 2 aromatic carbocycles. The fourth-order valence-electron chi connectivity index (χ4n) is 2.89. The Hall–Kier alpha value is -3.09. The van der Waals surface area contributed by atoms with Crippen molar-refractivity contribution in [2.75, 3.05) is 19.0 Å². The third kappa shape index (κ3) is 6.20. The molecule has 0 aliphatic heterocycles. The van der Waals surface area contributed by atoms with Gasteiger partial charge in [-0.1, -0.05) is 35.9 Å². The Balaban J connectivity index is 1.88. The minimum Gasteiger partial charge on any atom is -0.488 e. The van der Waals surface area contributed by atoms with Crippen LogP contribution in [0.15, 0.2) is 54.7 Å². The second-order valence-electron chi connectivity index (χ2n) is 6.89. The van der Waals surface area contributed by atoms with Crippen LogP contribution < -0.4 is 10.1 Å². The number of amides is 1. The summed E-state index contributed by atoms with van der Waals surface area (Å²) in [5.74, 6) is 0.799. The molecule has 0 aliphatic carbocycles. The first-order chi connectivity index (χ1) is 14.4. The maximum atomic E-state index is 12.8. The summed E-state index contributed by atoms with van der Waals surface area (Å²) in [7, 11) is 3.41. The van der Waals surface area contributed by atoms with Crippen LogP contribution in [0.3, 0.4) is 0 Å². The van der Waals surface area contributed by atoms with E-state index in [9.17, 15) is 4.79 Å². The van der Waals surface area contributed by atoms with E-state index in [0.29, 0.717) is 28.8 Å². The van der Waals surface area contributed by atoms with Gasteiger partial charge in [0.2, 0.25) is 0 Å². The Morgan fingerprint density at radius 3 is 2.70 bits per heavy atom. The number of nitrogens with one attached hydrogen (secondary N) is 1. The smallest absolute Gasteiger partial charge is 0.257 e. The maximum absolute atomic E-state index is 12.8. The van der Waals surface area contributed by atoms with Crippen LogP contribution in [-0.2, 0) is 11.8 Å². The van der Waals surface area contributed by atoms with E-state index in [-0.39, 0.29) is 12.0 Å². The highest BCUT2D eigenvalue weighted by Crippen LogP contribution is 2.22. The molecule has 1 atom stereocenters. The summed E-state index contributed by atoms with van der Waals surface area (Å²) in [5, 5.41) is 7.65. The van der Waals surface area contributed by atoms with Crippen molar-refractivity contribution in [1.82, 2.24) is 9.78 Å². The standard InChI is InChI=1S/C23H24ClN3O3/c1-16(15-29-3)30-21-13-18(8-7-17-5-4-6-20(24)12-17)11-19(14-21)23(28)25-22-9-10-27(2)26-22/h4-14,16H,15H2,1-3H3,(H,25,26,28)/t16-/m0/s1. The molecule has 0 aliphatic rings. The topological polar surface area (TPSA) is 65.4 Å². The highest BCUT2D eigenvalue weighted by atomic mass is 35.5. The third-order valence-electron chi connectivity index (χ3n) is 4.20. The van der Waals surface area contributed by atoms with E-state index in [1.54, 1.807) is 43.2 Å². The Labute approximate surface area is 181 Å². The van der Waals surface area contributed by atoms with Gasteiger partial charge in [0.15, 0.2) is 5.82 Å². The summed E-state index contributed by atoms with van der Waals surface area (Å²) in [4.78, 5) is 12.8. The van der Waals surface area contributed by atoms with Crippen molar-refractivity contribution in [2.24, 2.45) is 7.05 Å². The fourth-order valence-corrected chi connectivity index (χ4v) is 3.09. The van der Waals surface area contributed by atoms with Gasteiger partial charge in [0.25, 0.3) is 5.91 Å². The van der Waals surface area contributed by atoms with Gasteiger partial charge in [-0.3, -0.25) is 9.48 Å². The van der Waals surface area contributed by atoms with Crippen LogP contribution in [-0.4, -0.2) is 35.5 Å². The zero-order valence-electron chi connectivity index (χ0n) is 17.1. The van der Waals surface area contributed by atoms with Crippen LogP contribution in [0.2, 0.25) is 5.02 Å². The van der Waals surface area contributed by atoms with Crippen molar-refractivity contribution in [2.45, 2.75) is 13.0 Å². The molecule has 0 spiro atoms. The average Bonchev–Trinajstić information content (AvgIpc) is 3.11. The molecule has 7 heteroatoms. The lowest BCUT2D eigenvalue weighted by Crippen LogP contribution is -2.19. The van der Waals surface area contributed by atoms with Crippen LogP contribution in [0, 0.1) is 0 Å². The van der Waals surface area contributed by atoms with Crippen molar-refractivity contribution in [3.05, 3.63) is 76.4 Å². The molecule has 1 aromatic heterocycles. The first-order valence-electron chi connectivity index (χ1n) is 9.48. The van der Waals surface area contributed by atoms with E-state index in [0.717, 1.165) is 11.1 Å². The molecule has 156 valence electrons. The molecular formula is C23H24ClN3O3. The molecular weight excluding hydrogens is 402 g/mol. The minimum atomic E-state index is -0.268. The number of ether oxygens (including phenoxy) is 2. The van der Waals surface area contributed by atoms with Crippen LogP contribution in [0.5, 0.6) is 5.75 Å². The number of aromatic nitrogens is 2. The van der Waals surface area contributed by atoms with Crippen molar-refractivity contribution in [1.29, 1.82) is 0 Å². The number of halogens is 1. The van der Waals surface area contributed by atoms with E-state index in [1.165, 1.54) is 0 Å². The lowest BCUT2D eigenvalue weighted by molar-refractivity contribution is 0.0917. The maximum Gasteiger partial charge on any atom is 0.257 e. The van der Waals surface area contributed by atoms with Gasteiger partial charge in [-0.25, -0.2) is 0 Å². The molecule has 0 saturated heterocycles. The molecule has 1 amide bonds. The number of carbonyl (C=O) groups excluding carboxylic acids is 1. The van der Waals surface area contributed by atoms with Crippen molar-refractivity contribution in [3.63, 3.8) is 0 Å². The van der Waals surface area contributed by atoms with Gasteiger partial charge in [0.05, 0.1) is 6.61 Å². The van der Waals surface area contributed by atoms with Crippen LogP contribution >= 0.6 is 11.6 Å². The molecule has 30 heavy (non-hydrogen) atoms. The van der Waals surface area contributed by atoms with Crippen LogP contribution in [0.25, 0.3) is 12.2 Å². The lowest BCUT2D eigenvalue weighted by atomic mass is 10.1. The SMILES string of the molecule is COC[C@H](C)Oc1cc(C=Cc2cccc(Cl)c2)cc(C(=O)Nc2ccn(C)n2)c1. The molecule has 3 rings (SSSR count). The number of methoxy groups -OCH3 is 1. The normalized spacial score (nSPS) is 12.1. The number of aryl methyl sites for hydroxylation is 1. The first kappa shape index (κ1) is 21.6. The van der Waals surface area contributed by atoms with E-state index < -0.39 is 0 Å². The lowest BCUT2D eigenvalue weighted by Gasteiger charge is -2.15. The fraction of sp³-hybridized carbons (Fsp3) is 0.217. The molecule has 0 radical (unpaired) electrons. The number of hydrogen-bond acceptors (Lipinski definition) is 4. The van der Waals surface area contributed by atoms with Gasteiger partial charge in [-0.15, -0.1) is 0 Å². The second-order valence-corrected chi connectivity index (χ2v) is 7.33. The summed E-state index contributed by atoms with van der Waals surface area (Å²) in [6.45, 7) is 2.35. The van der Waals surface area contributed by atoms with Crippen molar-refractivity contribution < 1.29 is 14.3 Å². The largest absolute Gasteiger partial charge is 0.488 e. The summed E-state index contributed by atoms with van der Waals surface area (Å²) in [5.41, 5.74) is 2.25. The van der Waals surface area contributed by atoms with E-state index in [1.807, 2.05) is 49.4 Å². The molecule has 6 nitrogen and oxygen atoms in total. The third-order valence-corrected chi connectivity index (χ3v) is 4.44. The van der Waals surface area contributed by atoms with Gasteiger partial charge in [0.1, 0.15) is 11.9 Å². The number of carbonyl (C=O) groups is 1. The Morgan fingerprint density at radius 1 is 1.20 bits per heavy atom. The highest BCUT2D eigenvalue weighted by Gasteiger charge is 2.12. The summed E-state index contributed by atoms with van der Waals surface area (Å²) < 4.78 is 12.7. The van der Waals surface area contributed by atoms with Gasteiger partial charge in [-0.2, -0.15) is 5.10 Å². The monoisotopic (exact) mass is 425 g/mol. The van der Waals surface area contributed by atoms with Gasteiger partial charge in [0, 0.05) is 37.0 Å². The number of benzene rings is 2. The molecule has 0 unspecified atom stereocenters. The number of rotatable bonds is 8. The zero-order valence-corrected chi connectivity index (χ0v) is 17.9. The first-order valence-corrected chi connectivity index (χ1v) is 9.86. The van der Waals surface area contributed by atoms with E-state index >= 15 is 0 Å². The zero-order chi connectivity index (χ0) is 21.5. The minimum absolute atomic E-state index is 0.158. The van der Waals surface area contributed by atoms with Crippen molar-refractivity contribution in [3.8, 4) is 5.75 Å². The predicted octanol–water partition coefficient (Wildman–Crippen LogP) is 4.91. The quantitative estimate of drug-likeness (QED) is 0.521. The number of nitrogens with zero attached hydrogens (tertiary/aromatic N) is 2. The Morgan fingerprint density at radius 2 is 2.00 bits per heavy atom. The summed E-state index contributed by atoms with van der Waals surface area (Å²) in [6, 6.07) is 14.7. The number of hydrogen-bond donors (Lipinski definition) is 1. The molecule has 1 heterocycles.